The maximum absolute atomic E-state index is 10.2. The molecule has 2 rings (SSSR count). The van der Waals surface area contributed by atoms with Crippen molar-refractivity contribution in [1.29, 1.82) is 0 Å². The number of nitrogens with zero attached hydrogens (tertiary/aromatic N) is 2. The predicted molar refractivity (Wildman–Crippen MR) is 96.4 cm³/mol. The summed E-state index contributed by atoms with van der Waals surface area (Å²) in [6.07, 6.45) is -0.431. The second-order valence-electron chi connectivity index (χ2n) is 7.01. The molecule has 0 saturated carbocycles. The summed E-state index contributed by atoms with van der Waals surface area (Å²) in [4.78, 5) is 4.84. The fraction of sp³-hybridized carbons (Fsp3) is 0.684. The van der Waals surface area contributed by atoms with Gasteiger partial charge >= 0.3 is 0 Å². The highest BCUT2D eigenvalue weighted by Crippen LogP contribution is 2.12. The number of β-amino-alcohol motifs (C(OH)–C–C–N with tert-alkyl or cyclic N) is 1. The number of ether oxygens (including phenoxy) is 2. The van der Waals surface area contributed by atoms with Gasteiger partial charge in [-0.25, -0.2) is 0 Å². The van der Waals surface area contributed by atoms with Crippen molar-refractivity contribution in [2.45, 2.75) is 26.6 Å². The van der Waals surface area contributed by atoms with Crippen molar-refractivity contribution in [2.24, 2.45) is 5.92 Å². The Balaban J connectivity index is 1.60. The van der Waals surface area contributed by atoms with E-state index < -0.39 is 6.10 Å². The highest BCUT2D eigenvalue weighted by molar-refractivity contribution is 5.26. The molecule has 1 saturated heterocycles. The Bertz CT molecular complexity index is 456. The van der Waals surface area contributed by atoms with E-state index in [0.717, 1.165) is 37.5 Å². The smallest absolute Gasteiger partial charge is 0.118 e. The van der Waals surface area contributed by atoms with Crippen molar-refractivity contribution in [2.75, 3.05) is 53.0 Å². The molecule has 1 N–H and O–H groups in total. The molecule has 0 aliphatic carbocycles. The van der Waals surface area contributed by atoms with Crippen LogP contribution in [0.3, 0.4) is 0 Å². The van der Waals surface area contributed by atoms with E-state index in [1.165, 1.54) is 6.54 Å². The first-order valence-corrected chi connectivity index (χ1v) is 8.90. The monoisotopic (exact) mass is 336 g/mol. The zero-order valence-electron chi connectivity index (χ0n) is 15.3. The molecule has 1 aromatic carbocycles. The highest BCUT2D eigenvalue weighted by Gasteiger charge is 2.19. The summed E-state index contributed by atoms with van der Waals surface area (Å²) in [6.45, 7) is 11.5. The van der Waals surface area contributed by atoms with Crippen molar-refractivity contribution < 1.29 is 14.6 Å². The molecule has 0 radical (unpaired) electrons. The second kappa shape index (κ2) is 9.99. The Kier molecular flexibility index (Phi) is 7.99. The van der Waals surface area contributed by atoms with Crippen LogP contribution in [0.4, 0.5) is 0 Å². The molecule has 0 bridgehead atoms. The Labute approximate surface area is 146 Å². The molecule has 1 aliphatic rings. The lowest BCUT2D eigenvalue weighted by molar-refractivity contribution is 0.000745. The molecular weight excluding hydrogens is 304 g/mol. The minimum Gasteiger partial charge on any atom is -0.497 e. The van der Waals surface area contributed by atoms with E-state index in [1.54, 1.807) is 7.11 Å². The fourth-order valence-electron chi connectivity index (χ4n) is 3.06. The number of aliphatic hydroxyl groups is 1. The molecule has 5 heteroatoms. The van der Waals surface area contributed by atoms with Gasteiger partial charge in [-0.15, -0.1) is 0 Å². The van der Waals surface area contributed by atoms with Crippen LogP contribution in [0.25, 0.3) is 0 Å². The third-order valence-corrected chi connectivity index (χ3v) is 4.30. The highest BCUT2D eigenvalue weighted by atomic mass is 16.5. The molecule has 1 fully saturated rings. The van der Waals surface area contributed by atoms with E-state index in [-0.39, 0.29) is 0 Å². The third-order valence-electron chi connectivity index (χ3n) is 4.30. The minimum absolute atomic E-state index is 0.373. The first-order chi connectivity index (χ1) is 11.6. The van der Waals surface area contributed by atoms with Gasteiger partial charge in [-0.3, -0.25) is 4.90 Å². The van der Waals surface area contributed by atoms with Gasteiger partial charge < -0.3 is 19.5 Å². The Hall–Kier alpha value is -1.14. The topological polar surface area (TPSA) is 45.2 Å². The normalized spacial score (nSPS) is 18.0. The van der Waals surface area contributed by atoms with Crippen LogP contribution in [0, 0.1) is 5.92 Å². The molecule has 1 aromatic rings. The molecule has 0 unspecified atom stereocenters. The zero-order valence-corrected chi connectivity index (χ0v) is 15.3. The van der Waals surface area contributed by atoms with Gasteiger partial charge in [-0.1, -0.05) is 26.0 Å². The number of hydrogen-bond acceptors (Lipinski definition) is 5. The maximum Gasteiger partial charge on any atom is 0.118 e. The number of benzene rings is 1. The molecule has 0 aromatic heterocycles. The molecule has 0 spiro atoms. The van der Waals surface area contributed by atoms with E-state index >= 15 is 0 Å². The summed E-state index contributed by atoms with van der Waals surface area (Å²) < 4.78 is 10.8. The molecular formula is C19H32N2O3. The van der Waals surface area contributed by atoms with Gasteiger partial charge in [0.2, 0.25) is 0 Å². The van der Waals surface area contributed by atoms with Crippen LogP contribution < -0.4 is 4.74 Å². The standard InChI is InChI=1S/C19H32N2O3/c1-16(2)12-20-8-10-21(11-9-20)13-18(22)15-24-14-17-4-6-19(23-3)7-5-17/h4-7,16,18,22H,8-15H2,1-3H3/t18-/m0/s1. The van der Waals surface area contributed by atoms with Crippen molar-refractivity contribution >= 4 is 0 Å². The van der Waals surface area contributed by atoms with Crippen molar-refractivity contribution in [3.05, 3.63) is 29.8 Å². The average molecular weight is 336 g/mol. The Morgan fingerprint density at radius 3 is 2.12 bits per heavy atom. The van der Waals surface area contributed by atoms with Crippen LogP contribution in [0.2, 0.25) is 0 Å². The van der Waals surface area contributed by atoms with E-state index in [9.17, 15) is 5.11 Å². The van der Waals surface area contributed by atoms with Crippen LogP contribution in [0.1, 0.15) is 19.4 Å². The first-order valence-electron chi connectivity index (χ1n) is 8.90. The summed E-state index contributed by atoms with van der Waals surface area (Å²) in [5.74, 6) is 1.56. The van der Waals surface area contributed by atoms with Crippen molar-refractivity contribution in [3.8, 4) is 5.75 Å². The van der Waals surface area contributed by atoms with E-state index in [2.05, 4.69) is 23.6 Å². The third kappa shape index (κ3) is 6.77. The van der Waals surface area contributed by atoms with Crippen LogP contribution in [-0.2, 0) is 11.3 Å². The second-order valence-corrected chi connectivity index (χ2v) is 7.01. The lowest BCUT2D eigenvalue weighted by atomic mass is 10.2. The number of methoxy groups -OCH3 is 1. The van der Waals surface area contributed by atoms with Crippen LogP contribution in [-0.4, -0.2) is 74.0 Å². The van der Waals surface area contributed by atoms with Gasteiger partial charge in [0.15, 0.2) is 0 Å². The lowest BCUT2D eigenvalue weighted by Crippen LogP contribution is -2.49. The van der Waals surface area contributed by atoms with E-state index in [1.807, 2.05) is 24.3 Å². The van der Waals surface area contributed by atoms with Crippen molar-refractivity contribution in [3.63, 3.8) is 0 Å². The quantitative estimate of drug-likeness (QED) is 0.746. The van der Waals surface area contributed by atoms with Gasteiger partial charge in [0.05, 0.1) is 26.4 Å². The molecule has 136 valence electrons. The van der Waals surface area contributed by atoms with Crippen LogP contribution >= 0.6 is 0 Å². The van der Waals surface area contributed by atoms with Gasteiger partial charge in [-0.05, 0) is 23.6 Å². The average Bonchev–Trinajstić information content (AvgIpc) is 2.57. The number of piperazine rings is 1. The SMILES string of the molecule is COc1ccc(COC[C@@H](O)CN2CCN(CC(C)C)CC2)cc1. The number of rotatable bonds is 9. The molecule has 5 nitrogen and oxygen atoms in total. The maximum atomic E-state index is 10.2. The predicted octanol–water partition coefficient (Wildman–Crippen LogP) is 1.85. The fourth-order valence-corrected chi connectivity index (χ4v) is 3.06. The summed E-state index contributed by atoms with van der Waals surface area (Å²) >= 11 is 0. The largest absolute Gasteiger partial charge is 0.497 e. The summed E-state index contributed by atoms with van der Waals surface area (Å²) in [7, 11) is 1.66. The minimum atomic E-state index is -0.431. The van der Waals surface area contributed by atoms with Gasteiger partial charge in [0.1, 0.15) is 5.75 Å². The molecule has 24 heavy (non-hydrogen) atoms. The first kappa shape index (κ1) is 19.2. The van der Waals surface area contributed by atoms with Crippen LogP contribution in [0.15, 0.2) is 24.3 Å². The zero-order chi connectivity index (χ0) is 17.4. The summed E-state index contributed by atoms with van der Waals surface area (Å²) in [6, 6.07) is 7.82. The summed E-state index contributed by atoms with van der Waals surface area (Å²) in [5.41, 5.74) is 1.09. The Morgan fingerprint density at radius 2 is 1.58 bits per heavy atom. The summed E-state index contributed by atoms with van der Waals surface area (Å²) in [5, 5.41) is 10.2. The molecule has 1 heterocycles. The number of hydrogen-bond donors (Lipinski definition) is 1. The van der Waals surface area contributed by atoms with Gasteiger partial charge in [0, 0.05) is 39.3 Å². The molecule has 1 atom stereocenters. The van der Waals surface area contributed by atoms with Crippen molar-refractivity contribution in [1.82, 2.24) is 9.80 Å². The Morgan fingerprint density at radius 1 is 1.00 bits per heavy atom. The van der Waals surface area contributed by atoms with Gasteiger partial charge in [0.25, 0.3) is 0 Å². The molecule has 0 amide bonds. The molecule has 1 aliphatic heterocycles. The van der Waals surface area contributed by atoms with E-state index in [4.69, 9.17) is 9.47 Å². The van der Waals surface area contributed by atoms with Crippen LogP contribution in [0.5, 0.6) is 5.75 Å². The lowest BCUT2D eigenvalue weighted by Gasteiger charge is -2.36. The van der Waals surface area contributed by atoms with Gasteiger partial charge in [-0.2, -0.15) is 0 Å². The van der Waals surface area contributed by atoms with E-state index in [0.29, 0.717) is 25.7 Å². The number of aliphatic hydroxyl groups excluding tert-OH is 1.